The number of ether oxygens (including phenoxy) is 3. The van der Waals surface area contributed by atoms with Gasteiger partial charge in [0.1, 0.15) is 17.7 Å². The summed E-state index contributed by atoms with van der Waals surface area (Å²) in [4.78, 5) is 12.1. The Bertz CT molecular complexity index is 1020. The van der Waals surface area contributed by atoms with Crippen LogP contribution in [0.15, 0.2) is 48.2 Å². The predicted octanol–water partition coefficient (Wildman–Crippen LogP) is 3.88. The van der Waals surface area contributed by atoms with E-state index < -0.39 is 5.97 Å². The Balaban J connectivity index is 2.18. The van der Waals surface area contributed by atoms with Gasteiger partial charge in [0.2, 0.25) is 0 Å². The van der Waals surface area contributed by atoms with Crippen molar-refractivity contribution < 1.29 is 19.0 Å². The maximum atomic E-state index is 12.1. The van der Waals surface area contributed by atoms with Crippen LogP contribution in [0.1, 0.15) is 22.8 Å². The molecule has 0 radical (unpaired) electrons. The van der Waals surface area contributed by atoms with Crippen molar-refractivity contribution >= 4 is 17.3 Å². The summed E-state index contributed by atoms with van der Waals surface area (Å²) >= 11 is 0. The van der Waals surface area contributed by atoms with Crippen LogP contribution in [0.3, 0.4) is 0 Å². The summed E-state index contributed by atoms with van der Waals surface area (Å²) in [5.41, 5.74) is 2.58. The maximum Gasteiger partial charge on any atom is 0.338 e. The van der Waals surface area contributed by atoms with Crippen LogP contribution in [0, 0.1) is 22.7 Å². The smallest absolute Gasteiger partial charge is 0.338 e. The van der Waals surface area contributed by atoms with Crippen molar-refractivity contribution in [2.24, 2.45) is 0 Å². The molecule has 2 N–H and O–H groups in total. The first-order valence-electron chi connectivity index (χ1n) is 9.59. The van der Waals surface area contributed by atoms with Gasteiger partial charge in [-0.3, -0.25) is 0 Å². The van der Waals surface area contributed by atoms with Crippen LogP contribution in [0.5, 0.6) is 11.5 Å². The molecule has 0 bridgehead atoms. The van der Waals surface area contributed by atoms with E-state index in [0.717, 1.165) is 5.56 Å². The third kappa shape index (κ3) is 6.41. The van der Waals surface area contributed by atoms with E-state index in [9.17, 15) is 4.79 Å². The number of nitrogens with zero attached hydrogens (tertiary/aromatic N) is 2. The maximum absolute atomic E-state index is 12.1. The zero-order chi connectivity index (χ0) is 22.6. The first-order chi connectivity index (χ1) is 15.1. The van der Waals surface area contributed by atoms with E-state index >= 15 is 0 Å². The van der Waals surface area contributed by atoms with Crippen LogP contribution in [0.2, 0.25) is 0 Å². The van der Waals surface area contributed by atoms with Gasteiger partial charge in [0.15, 0.2) is 11.5 Å². The van der Waals surface area contributed by atoms with Gasteiger partial charge in [-0.1, -0.05) is 6.07 Å². The molecule has 2 rings (SSSR count). The summed E-state index contributed by atoms with van der Waals surface area (Å²) in [7, 11) is 3.18. The summed E-state index contributed by atoms with van der Waals surface area (Å²) in [6, 6.07) is 14.3. The summed E-state index contributed by atoms with van der Waals surface area (Å²) in [6.07, 6.45) is 2.00. The molecule has 0 aromatic heterocycles. The van der Waals surface area contributed by atoms with Gasteiger partial charge in [-0.2, -0.15) is 10.5 Å². The zero-order valence-electron chi connectivity index (χ0n) is 17.7. The van der Waals surface area contributed by atoms with Crippen molar-refractivity contribution in [3.8, 4) is 23.6 Å². The van der Waals surface area contributed by atoms with Crippen molar-refractivity contribution in [1.82, 2.24) is 0 Å². The number of hydrogen-bond acceptors (Lipinski definition) is 8. The number of anilines is 2. The molecule has 0 unspecified atom stereocenters. The van der Waals surface area contributed by atoms with Crippen molar-refractivity contribution in [2.45, 2.75) is 13.3 Å². The molecule has 160 valence electrons. The van der Waals surface area contributed by atoms with Gasteiger partial charge >= 0.3 is 5.97 Å². The van der Waals surface area contributed by atoms with E-state index in [4.69, 9.17) is 24.7 Å². The fourth-order valence-electron chi connectivity index (χ4n) is 2.78. The Morgan fingerprint density at radius 3 is 2.42 bits per heavy atom. The zero-order valence-corrected chi connectivity index (χ0v) is 17.7. The summed E-state index contributed by atoms with van der Waals surface area (Å²) in [5, 5.41) is 24.1. The lowest BCUT2D eigenvalue weighted by Crippen LogP contribution is -2.09. The van der Waals surface area contributed by atoms with Gasteiger partial charge in [-0.15, -0.1) is 0 Å². The third-order valence-corrected chi connectivity index (χ3v) is 4.32. The highest BCUT2D eigenvalue weighted by atomic mass is 16.5. The van der Waals surface area contributed by atoms with Gasteiger partial charge in [0.05, 0.1) is 37.8 Å². The highest BCUT2D eigenvalue weighted by molar-refractivity contribution is 5.92. The molecule has 0 fully saturated rings. The Labute approximate surface area is 181 Å². The highest BCUT2D eigenvalue weighted by Crippen LogP contribution is 2.28. The summed E-state index contributed by atoms with van der Waals surface area (Å²) in [5.74, 6) is 0.872. The monoisotopic (exact) mass is 420 g/mol. The molecule has 0 atom stereocenters. The second kappa shape index (κ2) is 11.7. The van der Waals surface area contributed by atoms with Crippen LogP contribution in [-0.2, 0) is 11.2 Å². The topological polar surface area (TPSA) is 116 Å². The molecule has 0 saturated heterocycles. The molecule has 8 heteroatoms. The minimum atomic E-state index is -0.452. The standard InChI is InChI=1S/C23H24N4O4/c1-4-31-23(28)18-6-7-19(20(12-18)27-15-17(13-24)14-25)26-10-9-16-5-8-21(29-2)22(11-16)30-3/h5-8,11-12,15,26-27H,4,9-10H2,1-3H3. The number of benzene rings is 2. The molecular weight excluding hydrogens is 396 g/mol. The quantitative estimate of drug-likeness (QED) is 0.439. The summed E-state index contributed by atoms with van der Waals surface area (Å²) < 4.78 is 15.6. The molecule has 0 amide bonds. The van der Waals surface area contributed by atoms with E-state index in [1.54, 1.807) is 51.5 Å². The Morgan fingerprint density at radius 2 is 1.77 bits per heavy atom. The molecule has 0 aliphatic rings. The number of nitrogens with one attached hydrogen (secondary N) is 2. The number of hydrogen-bond donors (Lipinski definition) is 2. The molecule has 0 heterocycles. The van der Waals surface area contributed by atoms with Gasteiger partial charge < -0.3 is 24.8 Å². The number of carbonyl (C=O) groups is 1. The van der Waals surface area contributed by atoms with Gasteiger partial charge in [0, 0.05) is 12.7 Å². The molecular formula is C23H24N4O4. The fourth-order valence-corrected chi connectivity index (χ4v) is 2.78. The van der Waals surface area contributed by atoms with Crippen molar-refractivity contribution in [3.05, 3.63) is 59.3 Å². The molecule has 2 aromatic carbocycles. The second-order valence-corrected chi connectivity index (χ2v) is 6.27. The Kier molecular flexibility index (Phi) is 8.75. The lowest BCUT2D eigenvalue weighted by Gasteiger charge is -2.14. The number of rotatable bonds is 10. The van der Waals surface area contributed by atoms with Crippen molar-refractivity contribution in [1.29, 1.82) is 10.5 Å². The van der Waals surface area contributed by atoms with Crippen LogP contribution in [-0.4, -0.2) is 33.3 Å². The molecule has 0 aliphatic carbocycles. The fraction of sp³-hybridized carbons (Fsp3) is 0.261. The molecule has 2 aromatic rings. The number of nitriles is 2. The van der Waals surface area contributed by atoms with Crippen LogP contribution in [0.25, 0.3) is 0 Å². The average Bonchev–Trinajstić information content (AvgIpc) is 2.80. The van der Waals surface area contributed by atoms with Crippen molar-refractivity contribution in [3.63, 3.8) is 0 Å². The lowest BCUT2D eigenvalue weighted by atomic mass is 10.1. The van der Waals surface area contributed by atoms with Crippen LogP contribution >= 0.6 is 0 Å². The molecule has 8 nitrogen and oxygen atoms in total. The second-order valence-electron chi connectivity index (χ2n) is 6.27. The molecule has 31 heavy (non-hydrogen) atoms. The van der Waals surface area contributed by atoms with E-state index in [-0.39, 0.29) is 12.2 Å². The predicted molar refractivity (Wildman–Crippen MR) is 117 cm³/mol. The molecule has 0 saturated carbocycles. The largest absolute Gasteiger partial charge is 0.493 e. The van der Waals surface area contributed by atoms with Crippen LogP contribution in [0.4, 0.5) is 11.4 Å². The Morgan fingerprint density at radius 1 is 1.03 bits per heavy atom. The van der Waals surface area contributed by atoms with E-state index in [1.165, 1.54) is 6.20 Å². The normalized spacial score (nSPS) is 9.58. The highest BCUT2D eigenvalue weighted by Gasteiger charge is 2.11. The van der Waals surface area contributed by atoms with E-state index in [0.29, 0.717) is 41.4 Å². The van der Waals surface area contributed by atoms with E-state index in [1.807, 2.05) is 18.2 Å². The van der Waals surface area contributed by atoms with Gasteiger partial charge in [0.25, 0.3) is 0 Å². The first-order valence-corrected chi connectivity index (χ1v) is 9.59. The number of carbonyl (C=O) groups excluding carboxylic acids is 1. The molecule has 0 aliphatic heterocycles. The van der Waals surface area contributed by atoms with Gasteiger partial charge in [-0.25, -0.2) is 4.79 Å². The third-order valence-electron chi connectivity index (χ3n) is 4.32. The SMILES string of the molecule is CCOC(=O)c1ccc(NCCc2ccc(OC)c(OC)c2)c(NC=C(C#N)C#N)c1. The van der Waals surface area contributed by atoms with Crippen LogP contribution < -0.4 is 20.1 Å². The Hall–Kier alpha value is -4.17. The average molecular weight is 420 g/mol. The first kappa shape index (κ1) is 23.1. The van der Waals surface area contributed by atoms with Crippen molar-refractivity contribution in [2.75, 3.05) is 38.0 Å². The summed E-state index contributed by atoms with van der Waals surface area (Å²) in [6.45, 7) is 2.59. The minimum absolute atomic E-state index is 0.0854. The number of allylic oxidation sites excluding steroid dienone is 1. The lowest BCUT2D eigenvalue weighted by molar-refractivity contribution is 0.0526. The van der Waals surface area contributed by atoms with Gasteiger partial charge in [-0.05, 0) is 49.2 Å². The number of esters is 1. The number of methoxy groups -OCH3 is 2. The molecule has 0 spiro atoms. The van der Waals surface area contributed by atoms with E-state index in [2.05, 4.69) is 10.6 Å². The minimum Gasteiger partial charge on any atom is -0.493 e.